The Balaban J connectivity index is 1.46. The number of hydrogen-bond acceptors (Lipinski definition) is 5. The summed E-state index contributed by atoms with van der Waals surface area (Å²) in [7, 11) is 0. The second kappa shape index (κ2) is 7.84. The predicted molar refractivity (Wildman–Crippen MR) is 94.4 cm³/mol. The van der Waals surface area contributed by atoms with Crippen molar-refractivity contribution < 1.29 is 9.53 Å². The fraction of sp³-hybridized carbons (Fsp3) is 0.412. The quantitative estimate of drug-likeness (QED) is 0.814. The van der Waals surface area contributed by atoms with Crippen LogP contribution >= 0.6 is 23.1 Å². The number of rotatable bonds is 6. The van der Waals surface area contributed by atoms with E-state index in [4.69, 9.17) is 4.74 Å². The van der Waals surface area contributed by atoms with Crippen LogP contribution in [0.5, 0.6) is 5.75 Å². The van der Waals surface area contributed by atoms with Gasteiger partial charge in [-0.3, -0.25) is 4.79 Å². The molecule has 0 bridgehead atoms. The third-order valence-electron chi connectivity index (χ3n) is 3.67. The average Bonchev–Trinajstić information content (AvgIpc) is 3.00. The van der Waals surface area contributed by atoms with Gasteiger partial charge in [-0.2, -0.15) is 0 Å². The summed E-state index contributed by atoms with van der Waals surface area (Å²) in [6, 6.07) is 8.10. The number of hydrogen-bond donors (Lipinski definition) is 1. The number of carbonyl (C=O) groups excluding carboxylic acids is 1. The monoisotopic (exact) mass is 348 g/mol. The van der Waals surface area contributed by atoms with E-state index in [-0.39, 0.29) is 12.0 Å². The van der Waals surface area contributed by atoms with E-state index in [0.717, 1.165) is 34.4 Å². The Bertz CT molecular complexity index is 672. The highest BCUT2D eigenvalue weighted by molar-refractivity contribution is 8.00. The van der Waals surface area contributed by atoms with E-state index in [9.17, 15) is 4.79 Å². The van der Waals surface area contributed by atoms with Gasteiger partial charge in [-0.25, -0.2) is 4.98 Å². The Morgan fingerprint density at radius 3 is 3.22 bits per heavy atom. The molecule has 0 spiro atoms. The van der Waals surface area contributed by atoms with Crippen molar-refractivity contribution in [2.45, 2.75) is 36.6 Å². The van der Waals surface area contributed by atoms with E-state index in [1.165, 1.54) is 5.56 Å². The summed E-state index contributed by atoms with van der Waals surface area (Å²) in [6.45, 7) is 2.65. The standard InChI is InChI=1S/C17H20N2O2S2/c1-2-22-17-19-13(11-23-17)9-16(20)18-10-14-8-7-12-5-3-4-6-15(12)21-14/h3-6,11,14H,2,7-10H2,1H3,(H,18,20)/t14-/m1/s1. The van der Waals surface area contributed by atoms with Crippen LogP contribution in [-0.4, -0.2) is 29.3 Å². The van der Waals surface area contributed by atoms with Crippen molar-refractivity contribution in [3.8, 4) is 5.75 Å². The van der Waals surface area contributed by atoms with Crippen LogP contribution in [-0.2, 0) is 17.6 Å². The first-order chi connectivity index (χ1) is 11.2. The molecular weight excluding hydrogens is 328 g/mol. The predicted octanol–water partition coefficient (Wildman–Crippen LogP) is 3.31. The number of benzene rings is 1. The van der Waals surface area contributed by atoms with Crippen LogP contribution in [0.2, 0.25) is 0 Å². The molecule has 1 aromatic heterocycles. The Hall–Kier alpha value is -1.53. The summed E-state index contributed by atoms with van der Waals surface area (Å²) in [5.41, 5.74) is 2.09. The van der Waals surface area contributed by atoms with E-state index in [1.54, 1.807) is 23.1 Å². The minimum atomic E-state index is 0.00538. The van der Waals surface area contributed by atoms with Gasteiger partial charge >= 0.3 is 0 Å². The second-order valence-corrected chi connectivity index (χ2v) is 7.77. The molecule has 2 aromatic rings. The highest BCUT2D eigenvalue weighted by Gasteiger charge is 2.20. The number of thioether (sulfide) groups is 1. The van der Waals surface area contributed by atoms with Crippen molar-refractivity contribution in [1.82, 2.24) is 10.3 Å². The molecule has 4 nitrogen and oxygen atoms in total. The molecule has 0 fully saturated rings. The molecule has 0 saturated heterocycles. The number of nitrogens with one attached hydrogen (secondary N) is 1. The molecular formula is C17H20N2O2S2. The van der Waals surface area contributed by atoms with E-state index in [2.05, 4.69) is 23.3 Å². The summed E-state index contributed by atoms with van der Waals surface area (Å²) in [6.07, 6.45) is 2.32. The molecule has 2 heterocycles. The van der Waals surface area contributed by atoms with E-state index in [0.29, 0.717) is 13.0 Å². The number of fused-ring (bicyclic) bond motifs is 1. The number of amides is 1. The molecule has 1 aliphatic heterocycles. The third kappa shape index (κ3) is 4.48. The van der Waals surface area contributed by atoms with Gasteiger partial charge in [0.15, 0.2) is 0 Å². The maximum absolute atomic E-state index is 12.1. The fourth-order valence-electron chi connectivity index (χ4n) is 2.54. The van der Waals surface area contributed by atoms with Crippen LogP contribution in [0.25, 0.3) is 0 Å². The molecule has 23 heavy (non-hydrogen) atoms. The topological polar surface area (TPSA) is 51.2 Å². The van der Waals surface area contributed by atoms with Crippen molar-refractivity contribution in [2.75, 3.05) is 12.3 Å². The summed E-state index contributed by atoms with van der Waals surface area (Å²) < 4.78 is 6.97. The molecule has 1 aliphatic rings. The van der Waals surface area contributed by atoms with Crippen molar-refractivity contribution >= 4 is 29.0 Å². The smallest absolute Gasteiger partial charge is 0.226 e. The molecule has 1 N–H and O–H groups in total. The largest absolute Gasteiger partial charge is 0.488 e. The Labute approximate surface area is 144 Å². The molecule has 0 radical (unpaired) electrons. The number of thiazole rings is 1. The van der Waals surface area contributed by atoms with Gasteiger partial charge in [0.2, 0.25) is 5.91 Å². The van der Waals surface area contributed by atoms with Crippen LogP contribution in [0.3, 0.4) is 0 Å². The van der Waals surface area contributed by atoms with E-state index >= 15 is 0 Å². The van der Waals surface area contributed by atoms with Gasteiger partial charge in [0.1, 0.15) is 16.2 Å². The SMILES string of the molecule is CCSc1nc(CC(=O)NC[C@H]2CCc3ccccc3O2)cs1. The minimum Gasteiger partial charge on any atom is -0.488 e. The maximum atomic E-state index is 12.1. The van der Waals surface area contributed by atoms with Crippen LogP contribution < -0.4 is 10.1 Å². The Morgan fingerprint density at radius 2 is 2.35 bits per heavy atom. The zero-order chi connectivity index (χ0) is 16.1. The number of para-hydroxylation sites is 1. The second-order valence-electron chi connectivity index (χ2n) is 5.40. The van der Waals surface area contributed by atoms with Crippen molar-refractivity contribution in [3.05, 3.63) is 40.9 Å². The molecule has 1 aromatic carbocycles. The minimum absolute atomic E-state index is 0.00538. The summed E-state index contributed by atoms with van der Waals surface area (Å²) in [5, 5.41) is 4.93. The van der Waals surface area contributed by atoms with Crippen LogP contribution in [0.15, 0.2) is 34.0 Å². The molecule has 1 atom stereocenters. The summed E-state index contributed by atoms with van der Waals surface area (Å²) >= 11 is 3.31. The molecule has 6 heteroatoms. The maximum Gasteiger partial charge on any atom is 0.226 e. The lowest BCUT2D eigenvalue weighted by Gasteiger charge is -2.26. The molecule has 1 amide bonds. The van der Waals surface area contributed by atoms with Gasteiger partial charge < -0.3 is 10.1 Å². The number of aromatic nitrogens is 1. The number of nitrogens with zero attached hydrogens (tertiary/aromatic N) is 1. The van der Waals surface area contributed by atoms with Gasteiger partial charge in [-0.1, -0.05) is 36.9 Å². The fourth-order valence-corrected chi connectivity index (χ4v) is 4.28. The Morgan fingerprint density at radius 1 is 1.48 bits per heavy atom. The van der Waals surface area contributed by atoms with Gasteiger partial charge in [0.05, 0.1) is 18.7 Å². The zero-order valence-electron chi connectivity index (χ0n) is 13.1. The molecule has 0 aliphatic carbocycles. The lowest BCUT2D eigenvalue weighted by atomic mass is 10.0. The molecule has 0 saturated carbocycles. The highest BCUT2D eigenvalue weighted by atomic mass is 32.2. The number of aryl methyl sites for hydroxylation is 1. The number of carbonyl (C=O) groups is 1. The van der Waals surface area contributed by atoms with E-state index in [1.807, 2.05) is 23.6 Å². The van der Waals surface area contributed by atoms with Gasteiger partial charge in [0, 0.05) is 5.38 Å². The van der Waals surface area contributed by atoms with Crippen LogP contribution in [0.1, 0.15) is 24.6 Å². The Kier molecular flexibility index (Phi) is 5.56. The van der Waals surface area contributed by atoms with Gasteiger partial charge in [0.25, 0.3) is 0 Å². The first-order valence-electron chi connectivity index (χ1n) is 7.83. The lowest BCUT2D eigenvalue weighted by Crippen LogP contribution is -2.37. The molecule has 0 unspecified atom stereocenters. The highest BCUT2D eigenvalue weighted by Crippen LogP contribution is 2.26. The summed E-state index contributed by atoms with van der Waals surface area (Å²) in [5.74, 6) is 1.95. The molecule has 122 valence electrons. The van der Waals surface area contributed by atoms with Crippen LogP contribution in [0, 0.1) is 0 Å². The van der Waals surface area contributed by atoms with Crippen molar-refractivity contribution in [3.63, 3.8) is 0 Å². The molecule has 3 rings (SSSR count). The third-order valence-corrected chi connectivity index (χ3v) is 5.62. The first-order valence-corrected chi connectivity index (χ1v) is 9.69. The van der Waals surface area contributed by atoms with E-state index < -0.39 is 0 Å². The van der Waals surface area contributed by atoms with Crippen molar-refractivity contribution in [2.24, 2.45) is 0 Å². The zero-order valence-corrected chi connectivity index (χ0v) is 14.7. The van der Waals surface area contributed by atoms with Gasteiger partial charge in [-0.15, -0.1) is 11.3 Å². The van der Waals surface area contributed by atoms with Crippen LogP contribution in [0.4, 0.5) is 0 Å². The van der Waals surface area contributed by atoms with Gasteiger partial charge in [-0.05, 0) is 30.2 Å². The number of ether oxygens (including phenoxy) is 1. The average molecular weight is 348 g/mol. The lowest BCUT2D eigenvalue weighted by molar-refractivity contribution is -0.120. The summed E-state index contributed by atoms with van der Waals surface area (Å²) in [4.78, 5) is 16.5. The first kappa shape index (κ1) is 16.3. The van der Waals surface area contributed by atoms with Crippen molar-refractivity contribution in [1.29, 1.82) is 0 Å². The normalized spacial score (nSPS) is 16.5.